The lowest BCUT2D eigenvalue weighted by atomic mass is 10.1. The summed E-state index contributed by atoms with van der Waals surface area (Å²) >= 11 is 1.45. The van der Waals surface area contributed by atoms with E-state index in [2.05, 4.69) is 28.7 Å². The summed E-state index contributed by atoms with van der Waals surface area (Å²) in [6, 6.07) is 9.58. The first kappa shape index (κ1) is 20.5. The minimum atomic E-state index is -0.272. The second-order valence-corrected chi connectivity index (χ2v) is 6.29. The Bertz CT molecular complexity index is 675. The van der Waals surface area contributed by atoms with Crippen molar-refractivity contribution in [3.05, 3.63) is 51.8 Å². The summed E-state index contributed by atoms with van der Waals surface area (Å²) in [5.41, 5.74) is 1.01. The predicted molar refractivity (Wildman–Crippen MR) is 102 cm³/mol. The average Bonchev–Trinajstić information content (AvgIpc) is 2.56. The quantitative estimate of drug-likeness (QED) is 0.553. The van der Waals surface area contributed by atoms with Crippen molar-refractivity contribution in [1.29, 1.82) is 0 Å². The molecule has 0 unspecified atom stereocenters. The molecule has 2 aromatic rings. The fourth-order valence-corrected chi connectivity index (χ4v) is 3.16. The molecule has 2 rings (SSSR count). The second-order valence-electron chi connectivity index (χ2n) is 5.21. The Labute approximate surface area is 152 Å². The summed E-state index contributed by atoms with van der Waals surface area (Å²) in [4.78, 5) is 21.4. The molecular weight excluding hydrogens is 346 g/mol. The van der Waals surface area contributed by atoms with Gasteiger partial charge in [0, 0.05) is 18.7 Å². The molecule has 24 heavy (non-hydrogen) atoms. The highest BCUT2D eigenvalue weighted by molar-refractivity contribution is 7.99. The molecule has 0 fully saturated rings. The third-order valence-electron chi connectivity index (χ3n) is 3.74. The number of nitrogens with one attached hydrogen (secondary N) is 1. The third kappa shape index (κ3) is 5.85. The van der Waals surface area contributed by atoms with Gasteiger partial charge in [-0.25, -0.2) is 0 Å². The Morgan fingerprint density at radius 3 is 2.46 bits per heavy atom. The van der Waals surface area contributed by atoms with Crippen LogP contribution in [0.3, 0.4) is 0 Å². The molecule has 0 atom stereocenters. The van der Waals surface area contributed by atoms with E-state index >= 15 is 0 Å². The molecule has 1 heterocycles. The van der Waals surface area contributed by atoms with Gasteiger partial charge in [-0.3, -0.25) is 4.79 Å². The van der Waals surface area contributed by atoms with Crippen molar-refractivity contribution in [3.8, 4) is 5.88 Å². The number of aromatic hydroxyl groups is 1. The number of H-pyrrole nitrogens is 1. The summed E-state index contributed by atoms with van der Waals surface area (Å²) in [6.45, 7) is 7.18. The first-order valence-electron chi connectivity index (χ1n) is 7.85. The number of benzene rings is 1. The molecule has 0 aliphatic heterocycles. The van der Waals surface area contributed by atoms with Crippen LogP contribution in [-0.4, -0.2) is 45.4 Å². The molecule has 5 nitrogen and oxygen atoms in total. The van der Waals surface area contributed by atoms with Crippen LogP contribution in [-0.2, 0) is 6.42 Å². The Kier molecular flexibility index (Phi) is 8.89. The Balaban J connectivity index is 0.00000288. The minimum absolute atomic E-state index is 0. The van der Waals surface area contributed by atoms with Gasteiger partial charge in [0.05, 0.1) is 5.56 Å². The van der Waals surface area contributed by atoms with Crippen molar-refractivity contribution in [3.63, 3.8) is 0 Å². The van der Waals surface area contributed by atoms with Crippen LogP contribution >= 0.6 is 24.2 Å². The number of nitrogens with zero attached hydrogens (tertiary/aromatic N) is 2. The van der Waals surface area contributed by atoms with Crippen molar-refractivity contribution in [2.75, 3.05) is 25.4 Å². The molecule has 0 saturated carbocycles. The molecule has 0 aliphatic rings. The highest BCUT2D eigenvalue weighted by Gasteiger charge is 2.12. The minimum Gasteiger partial charge on any atom is -0.493 e. The molecule has 132 valence electrons. The number of rotatable bonds is 8. The standard InChI is InChI=1S/C17H23N3O2S.ClH/c1-3-20(4-2)10-11-23-17-18-15(21)14(16(22)19-17)12-13-8-6-5-7-9-13;/h5-9H,3-4,10-12H2,1-2H3,(H2,18,19,21,22);1H. The summed E-state index contributed by atoms with van der Waals surface area (Å²) in [7, 11) is 0. The van der Waals surface area contributed by atoms with Gasteiger partial charge >= 0.3 is 0 Å². The van der Waals surface area contributed by atoms with Crippen LogP contribution in [0.25, 0.3) is 0 Å². The average molecular weight is 370 g/mol. The molecule has 1 aromatic carbocycles. The van der Waals surface area contributed by atoms with E-state index in [0.717, 1.165) is 31.0 Å². The first-order valence-corrected chi connectivity index (χ1v) is 8.83. The zero-order valence-electron chi connectivity index (χ0n) is 14.0. The second kappa shape index (κ2) is 10.4. The van der Waals surface area contributed by atoms with Crippen molar-refractivity contribution < 1.29 is 5.11 Å². The summed E-state index contributed by atoms with van der Waals surface area (Å²) in [5.74, 6) is 0.644. The number of halogens is 1. The Hall–Kier alpha value is -1.50. The number of hydrogen-bond acceptors (Lipinski definition) is 5. The van der Waals surface area contributed by atoms with Crippen LogP contribution in [0.1, 0.15) is 25.0 Å². The van der Waals surface area contributed by atoms with Gasteiger partial charge in [0.25, 0.3) is 5.56 Å². The highest BCUT2D eigenvalue weighted by atomic mass is 35.5. The summed E-state index contributed by atoms with van der Waals surface area (Å²) in [6.07, 6.45) is 0.374. The molecule has 0 bridgehead atoms. The van der Waals surface area contributed by atoms with E-state index < -0.39 is 0 Å². The van der Waals surface area contributed by atoms with E-state index in [1.165, 1.54) is 11.8 Å². The number of hydrogen-bond donors (Lipinski definition) is 2. The van der Waals surface area contributed by atoms with Crippen molar-refractivity contribution in [2.24, 2.45) is 0 Å². The zero-order valence-corrected chi connectivity index (χ0v) is 15.6. The summed E-state index contributed by atoms with van der Waals surface area (Å²) in [5, 5.41) is 10.5. The molecule has 0 saturated heterocycles. The maximum absolute atomic E-state index is 12.2. The number of aromatic nitrogens is 2. The fourth-order valence-electron chi connectivity index (χ4n) is 2.30. The van der Waals surface area contributed by atoms with Gasteiger partial charge in [0.2, 0.25) is 5.88 Å². The Morgan fingerprint density at radius 1 is 1.21 bits per heavy atom. The van der Waals surface area contributed by atoms with Crippen molar-refractivity contribution >= 4 is 24.2 Å². The van der Waals surface area contributed by atoms with E-state index in [-0.39, 0.29) is 23.8 Å². The van der Waals surface area contributed by atoms with Crippen LogP contribution in [0.4, 0.5) is 0 Å². The van der Waals surface area contributed by atoms with Crippen LogP contribution < -0.4 is 5.56 Å². The van der Waals surface area contributed by atoms with Crippen molar-refractivity contribution in [1.82, 2.24) is 14.9 Å². The van der Waals surface area contributed by atoms with E-state index in [9.17, 15) is 9.90 Å². The lowest BCUT2D eigenvalue weighted by molar-refractivity contribution is 0.324. The van der Waals surface area contributed by atoms with E-state index in [4.69, 9.17) is 0 Å². The molecule has 1 aromatic heterocycles. The molecular formula is C17H24ClN3O2S. The molecule has 0 amide bonds. The first-order chi connectivity index (χ1) is 11.1. The van der Waals surface area contributed by atoms with Crippen molar-refractivity contribution in [2.45, 2.75) is 25.4 Å². The monoisotopic (exact) mass is 369 g/mol. The molecule has 0 aliphatic carbocycles. The van der Waals surface area contributed by atoms with E-state index in [1.807, 2.05) is 30.3 Å². The lowest BCUT2D eigenvalue weighted by Gasteiger charge is -2.17. The van der Waals surface area contributed by atoms with Gasteiger partial charge in [-0.05, 0) is 18.7 Å². The number of aromatic amines is 1. The van der Waals surface area contributed by atoms with E-state index in [1.54, 1.807) is 0 Å². The van der Waals surface area contributed by atoms with Gasteiger partial charge in [0.15, 0.2) is 5.16 Å². The fraction of sp³-hybridized carbons (Fsp3) is 0.412. The van der Waals surface area contributed by atoms with Crippen LogP contribution in [0.2, 0.25) is 0 Å². The van der Waals surface area contributed by atoms with E-state index in [0.29, 0.717) is 17.1 Å². The highest BCUT2D eigenvalue weighted by Crippen LogP contribution is 2.18. The molecule has 0 radical (unpaired) electrons. The maximum atomic E-state index is 12.2. The lowest BCUT2D eigenvalue weighted by Crippen LogP contribution is -2.25. The van der Waals surface area contributed by atoms with Gasteiger partial charge < -0.3 is 15.0 Å². The van der Waals surface area contributed by atoms with Gasteiger partial charge in [-0.2, -0.15) is 4.98 Å². The summed E-state index contributed by atoms with van der Waals surface area (Å²) < 4.78 is 0. The predicted octanol–water partition coefficient (Wildman–Crippen LogP) is 2.92. The maximum Gasteiger partial charge on any atom is 0.258 e. The largest absolute Gasteiger partial charge is 0.493 e. The van der Waals surface area contributed by atoms with Crippen LogP contribution in [0.5, 0.6) is 5.88 Å². The molecule has 2 N–H and O–H groups in total. The zero-order chi connectivity index (χ0) is 16.7. The third-order valence-corrected chi connectivity index (χ3v) is 4.59. The van der Waals surface area contributed by atoms with Gasteiger partial charge in [-0.1, -0.05) is 55.9 Å². The Morgan fingerprint density at radius 2 is 1.88 bits per heavy atom. The van der Waals surface area contributed by atoms with Gasteiger partial charge in [-0.15, -0.1) is 12.4 Å². The topological polar surface area (TPSA) is 69.2 Å². The van der Waals surface area contributed by atoms with Gasteiger partial charge in [0.1, 0.15) is 0 Å². The molecule has 0 spiro atoms. The smallest absolute Gasteiger partial charge is 0.258 e. The number of thioether (sulfide) groups is 1. The van der Waals surface area contributed by atoms with Crippen LogP contribution in [0, 0.1) is 0 Å². The molecule has 7 heteroatoms. The normalized spacial score (nSPS) is 10.6. The van der Waals surface area contributed by atoms with Crippen LogP contribution in [0.15, 0.2) is 40.3 Å². The SMILES string of the molecule is CCN(CC)CCSc1nc(O)c(Cc2ccccc2)c(=O)[nH]1.Cl.